The third kappa shape index (κ3) is 3.16. The lowest BCUT2D eigenvalue weighted by Crippen LogP contribution is -2.58. The maximum Gasteiger partial charge on any atom is 0.0875 e. The first-order valence-electron chi connectivity index (χ1n) is 8.80. The van der Waals surface area contributed by atoms with Gasteiger partial charge >= 0.3 is 0 Å². The summed E-state index contributed by atoms with van der Waals surface area (Å²) in [5.74, 6) is 0.439. The molecule has 0 bridgehead atoms. The van der Waals surface area contributed by atoms with E-state index in [4.69, 9.17) is 5.73 Å². The highest BCUT2D eigenvalue weighted by atomic mass is 16.3. The summed E-state index contributed by atoms with van der Waals surface area (Å²) in [7, 11) is 0. The van der Waals surface area contributed by atoms with Crippen LogP contribution in [0.25, 0.3) is 11.8 Å². The Labute approximate surface area is 139 Å². The van der Waals surface area contributed by atoms with E-state index in [9.17, 15) is 5.11 Å². The molecule has 2 aliphatic rings. The van der Waals surface area contributed by atoms with Crippen molar-refractivity contribution in [2.45, 2.75) is 56.6 Å². The zero-order valence-corrected chi connectivity index (χ0v) is 13.8. The van der Waals surface area contributed by atoms with E-state index in [1.165, 1.54) is 12.8 Å². The average molecular weight is 312 g/mol. The summed E-state index contributed by atoms with van der Waals surface area (Å²) in [4.78, 5) is 0. The van der Waals surface area contributed by atoms with E-state index in [0.717, 1.165) is 48.9 Å². The van der Waals surface area contributed by atoms with E-state index >= 15 is 0 Å². The van der Waals surface area contributed by atoms with Crippen LogP contribution in [0.4, 0.5) is 0 Å². The van der Waals surface area contributed by atoms with Crippen LogP contribution < -0.4 is 11.1 Å². The maximum absolute atomic E-state index is 11.3. The molecule has 3 nitrogen and oxygen atoms in total. The summed E-state index contributed by atoms with van der Waals surface area (Å²) in [5, 5.41) is 14.8. The van der Waals surface area contributed by atoms with Crippen LogP contribution >= 0.6 is 0 Å². The Hall–Kier alpha value is -1.74. The van der Waals surface area contributed by atoms with Crippen LogP contribution in [0.5, 0.6) is 0 Å². The van der Waals surface area contributed by atoms with Crippen LogP contribution in [-0.2, 0) is 0 Å². The van der Waals surface area contributed by atoms with Crippen molar-refractivity contribution in [2.24, 2.45) is 11.7 Å². The minimum Gasteiger partial charge on any atom is -0.405 e. The van der Waals surface area contributed by atoms with Crippen LogP contribution in [-0.4, -0.2) is 16.7 Å². The molecule has 3 heteroatoms. The normalized spacial score (nSPS) is 30.8. The molecule has 0 amide bonds. The number of nitrogens with two attached hydrogens (primary N) is 1. The Balaban J connectivity index is 1.79. The largest absolute Gasteiger partial charge is 0.405 e. The third-order valence-corrected chi connectivity index (χ3v) is 5.65. The molecule has 0 saturated heterocycles. The molecule has 1 aromatic carbocycles. The molecule has 0 aromatic heterocycles. The lowest BCUT2D eigenvalue weighted by molar-refractivity contribution is -0.0947. The van der Waals surface area contributed by atoms with Crippen LogP contribution in [0.15, 0.2) is 37.0 Å². The Bertz CT molecular complexity index is 593. The SMILES string of the molecule is C=C(NC1CCC[C@H]2CCCC[C@]12O)c1ccccc1/C=C\N. The molecule has 3 rings (SSSR count). The molecule has 23 heavy (non-hydrogen) atoms. The van der Waals surface area contributed by atoms with Crippen molar-refractivity contribution < 1.29 is 5.11 Å². The predicted molar refractivity (Wildman–Crippen MR) is 96.4 cm³/mol. The fourth-order valence-electron chi connectivity index (χ4n) is 4.43. The zero-order valence-electron chi connectivity index (χ0n) is 13.8. The summed E-state index contributed by atoms with van der Waals surface area (Å²) in [6.07, 6.45) is 11.3. The Morgan fingerprint density at radius 3 is 2.83 bits per heavy atom. The van der Waals surface area contributed by atoms with Gasteiger partial charge in [-0.3, -0.25) is 0 Å². The van der Waals surface area contributed by atoms with E-state index in [1.807, 2.05) is 24.3 Å². The second kappa shape index (κ2) is 6.79. The van der Waals surface area contributed by atoms with Crippen molar-refractivity contribution in [1.29, 1.82) is 0 Å². The fraction of sp³-hybridized carbons (Fsp3) is 0.500. The second-order valence-corrected chi connectivity index (χ2v) is 6.99. The van der Waals surface area contributed by atoms with Gasteiger partial charge in [0, 0.05) is 11.3 Å². The Kier molecular flexibility index (Phi) is 4.76. The molecule has 1 aromatic rings. The molecule has 2 aliphatic carbocycles. The minimum atomic E-state index is -0.571. The summed E-state index contributed by atoms with van der Waals surface area (Å²) in [5.41, 5.74) is 7.96. The molecule has 1 unspecified atom stereocenters. The first-order chi connectivity index (χ1) is 11.1. The van der Waals surface area contributed by atoms with Gasteiger partial charge in [-0.15, -0.1) is 0 Å². The van der Waals surface area contributed by atoms with Crippen molar-refractivity contribution in [3.8, 4) is 0 Å². The van der Waals surface area contributed by atoms with Crippen molar-refractivity contribution in [3.05, 3.63) is 48.2 Å². The smallest absolute Gasteiger partial charge is 0.0875 e. The number of aliphatic hydroxyl groups is 1. The number of nitrogens with one attached hydrogen (secondary N) is 1. The number of rotatable bonds is 4. The Morgan fingerprint density at radius 2 is 2.00 bits per heavy atom. The lowest BCUT2D eigenvalue weighted by atomic mass is 9.65. The molecule has 2 fully saturated rings. The van der Waals surface area contributed by atoms with E-state index in [-0.39, 0.29) is 6.04 Å². The van der Waals surface area contributed by atoms with E-state index < -0.39 is 5.60 Å². The third-order valence-electron chi connectivity index (χ3n) is 5.65. The maximum atomic E-state index is 11.3. The van der Waals surface area contributed by atoms with Crippen LogP contribution in [0.1, 0.15) is 56.1 Å². The number of hydrogen-bond acceptors (Lipinski definition) is 3. The summed E-state index contributed by atoms with van der Waals surface area (Å²) < 4.78 is 0. The monoisotopic (exact) mass is 312 g/mol. The summed E-state index contributed by atoms with van der Waals surface area (Å²) in [6, 6.07) is 8.19. The second-order valence-electron chi connectivity index (χ2n) is 6.99. The van der Waals surface area contributed by atoms with E-state index in [1.54, 1.807) is 6.20 Å². The number of benzene rings is 1. The first-order valence-corrected chi connectivity index (χ1v) is 8.80. The molecular formula is C20H28N2O. The summed E-state index contributed by atoms with van der Waals surface area (Å²) >= 11 is 0. The number of fused-ring (bicyclic) bond motifs is 1. The lowest BCUT2D eigenvalue weighted by Gasteiger charge is -2.49. The van der Waals surface area contributed by atoms with Crippen LogP contribution in [0, 0.1) is 5.92 Å². The van der Waals surface area contributed by atoms with Crippen molar-refractivity contribution in [2.75, 3.05) is 0 Å². The van der Waals surface area contributed by atoms with Gasteiger partial charge in [-0.1, -0.05) is 50.1 Å². The highest BCUT2D eigenvalue weighted by Gasteiger charge is 2.47. The highest BCUT2D eigenvalue weighted by molar-refractivity contribution is 5.72. The van der Waals surface area contributed by atoms with E-state index in [2.05, 4.69) is 18.0 Å². The van der Waals surface area contributed by atoms with Gasteiger partial charge in [0.1, 0.15) is 0 Å². The molecule has 0 spiro atoms. The molecule has 4 N–H and O–H groups in total. The van der Waals surface area contributed by atoms with Gasteiger partial charge in [0.05, 0.1) is 11.6 Å². The van der Waals surface area contributed by atoms with Crippen molar-refractivity contribution in [1.82, 2.24) is 5.32 Å². The van der Waals surface area contributed by atoms with Gasteiger partial charge in [0.25, 0.3) is 0 Å². The van der Waals surface area contributed by atoms with Gasteiger partial charge in [-0.25, -0.2) is 0 Å². The summed E-state index contributed by atoms with van der Waals surface area (Å²) in [6.45, 7) is 4.23. The van der Waals surface area contributed by atoms with Crippen molar-refractivity contribution in [3.63, 3.8) is 0 Å². The van der Waals surface area contributed by atoms with Crippen LogP contribution in [0.3, 0.4) is 0 Å². The average Bonchev–Trinajstić information content (AvgIpc) is 2.56. The quantitative estimate of drug-likeness (QED) is 0.795. The molecule has 3 atom stereocenters. The first kappa shape index (κ1) is 16.1. The van der Waals surface area contributed by atoms with Gasteiger partial charge in [-0.2, -0.15) is 0 Å². The fourth-order valence-corrected chi connectivity index (χ4v) is 4.43. The van der Waals surface area contributed by atoms with Gasteiger partial charge in [0.15, 0.2) is 0 Å². The topological polar surface area (TPSA) is 58.3 Å². The highest BCUT2D eigenvalue weighted by Crippen LogP contribution is 2.44. The molecular weight excluding hydrogens is 284 g/mol. The number of hydrogen-bond donors (Lipinski definition) is 3. The molecule has 0 radical (unpaired) electrons. The van der Waals surface area contributed by atoms with Crippen LogP contribution in [0.2, 0.25) is 0 Å². The molecule has 0 heterocycles. The van der Waals surface area contributed by atoms with E-state index in [0.29, 0.717) is 5.92 Å². The van der Waals surface area contributed by atoms with Gasteiger partial charge in [-0.05, 0) is 49.4 Å². The predicted octanol–water partition coefficient (Wildman–Crippen LogP) is 3.65. The van der Waals surface area contributed by atoms with Gasteiger partial charge in [0.2, 0.25) is 0 Å². The van der Waals surface area contributed by atoms with Crippen molar-refractivity contribution >= 4 is 11.8 Å². The molecule has 0 aliphatic heterocycles. The minimum absolute atomic E-state index is 0.101. The standard InChI is InChI=1S/C20H28N2O/c1-15(18-10-3-2-7-16(18)12-14-21)22-19-11-6-9-17-8-4-5-13-20(17,19)23/h2-3,7,10,12,14,17,19,22-23H,1,4-6,8-9,11,13,21H2/b14-12-/t17-,19?,20-/m1/s1. The molecule has 124 valence electrons. The zero-order chi connectivity index (χ0) is 16.3. The van der Waals surface area contributed by atoms with Gasteiger partial charge < -0.3 is 16.2 Å². The Morgan fingerprint density at radius 1 is 1.22 bits per heavy atom. The molecule has 2 saturated carbocycles.